The molecule has 2 rings (SSSR count). The summed E-state index contributed by atoms with van der Waals surface area (Å²) in [5.41, 5.74) is -2.98. The Morgan fingerprint density at radius 3 is 2.40 bits per heavy atom. The van der Waals surface area contributed by atoms with Crippen LogP contribution in [-0.4, -0.2) is 67.5 Å². The normalized spacial score (nSPS) is 17.5. The van der Waals surface area contributed by atoms with Crippen LogP contribution in [0.4, 0.5) is 13.2 Å². The molecule has 1 amide bonds. The van der Waals surface area contributed by atoms with Crippen molar-refractivity contribution in [3.05, 3.63) is 24.3 Å². The van der Waals surface area contributed by atoms with E-state index in [1.165, 1.54) is 41.2 Å². The van der Waals surface area contributed by atoms with Crippen LogP contribution in [0.5, 0.6) is 5.75 Å². The first-order valence-electron chi connectivity index (χ1n) is 9.01. The molecule has 1 aliphatic rings. The van der Waals surface area contributed by atoms with E-state index in [0.717, 1.165) is 0 Å². The number of carbonyl (C=O) groups is 1. The number of hydrogen-bond acceptors (Lipinski definition) is 7. The van der Waals surface area contributed by atoms with Gasteiger partial charge >= 0.3 is 5.51 Å². The van der Waals surface area contributed by atoms with E-state index in [-0.39, 0.29) is 48.9 Å². The summed E-state index contributed by atoms with van der Waals surface area (Å²) in [7, 11) is -2.64. The molecule has 1 aliphatic heterocycles. The molecule has 170 valence electrons. The first kappa shape index (κ1) is 24.7. The molecule has 0 aliphatic carbocycles. The maximum absolute atomic E-state index is 12.8. The smallest absolute Gasteiger partial charge is 0.446 e. The third kappa shape index (κ3) is 7.01. The Morgan fingerprint density at radius 2 is 1.90 bits per heavy atom. The summed E-state index contributed by atoms with van der Waals surface area (Å²) in [6.45, 7) is 0.244. The van der Waals surface area contributed by atoms with Crippen LogP contribution in [0.3, 0.4) is 0 Å². The number of rotatable bonds is 9. The molecule has 1 atom stereocenters. The van der Waals surface area contributed by atoms with Crippen LogP contribution < -0.4 is 10.2 Å². The molecule has 13 heteroatoms. The van der Waals surface area contributed by atoms with Gasteiger partial charge in [-0.15, -0.1) is 0 Å². The third-order valence-corrected chi connectivity index (χ3v) is 7.46. The van der Waals surface area contributed by atoms with Gasteiger partial charge in [0.1, 0.15) is 11.9 Å². The van der Waals surface area contributed by atoms with Crippen LogP contribution in [0.25, 0.3) is 0 Å². The van der Waals surface area contributed by atoms with Gasteiger partial charge in [-0.3, -0.25) is 10.0 Å². The number of piperidine rings is 1. The molecule has 1 heterocycles. The molecule has 1 saturated heterocycles. The maximum Gasteiger partial charge on any atom is 0.446 e. The number of nitrogens with one attached hydrogen (secondary N) is 1. The highest BCUT2D eigenvalue weighted by molar-refractivity contribution is 8.00. The number of benzene rings is 1. The third-order valence-electron chi connectivity index (χ3n) is 4.47. The molecule has 1 fully saturated rings. The van der Waals surface area contributed by atoms with Crippen LogP contribution in [0, 0.1) is 0 Å². The van der Waals surface area contributed by atoms with Crippen molar-refractivity contribution < 1.29 is 41.1 Å². The van der Waals surface area contributed by atoms with Crippen LogP contribution in [0.1, 0.15) is 19.3 Å². The number of sulfonamides is 1. The molecule has 1 aromatic rings. The van der Waals surface area contributed by atoms with E-state index in [0.29, 0.717) is 18.6 Å². The largest absolute Gasteiger partial charge is 0.490 e. The lowest BCUT2D eigenvalue weighted by atomic mass is 10.1. The number of amides is 1. The highest BCUT2D eigenvalue weighted by atomic mass is 32.2. The predicted octanol–water partition coefficient (Wildman–Crippen LogP) is 2.38. The molecule has 8 nitrogen and oxygen atoms in total. The van der Waals surface area contributed by atoms with Crippen molar-refractivity contribution >= 4 is 27.7 Å². The van der Waals surface area contributed by atoms with Gasteiger partial charge in [-0.25, -0.2) is 18.2 Å². The van der Waals surface area contributed by atoms with E-state index in [4.69, 9.17) is 14.7 Å². The van der Waals surface area contributed by atoms with Crippen LogP contribution in [0.2, 0.25) is 0 Å². The minimum Gasteiger partial charge on any atom is -0.490 e. The van der Waals surface area contributed by atoms with E-state index < -0.39 is 26.7 Å². The Balaban J connectivity index is 1.94. The van der Waals surface area contributed by atoms with Crippen LogP contribution in [-0.2, 0) is 19.6 Å². The second-order valence-electron chi connectivity index (χ2n) is 6.53. The lowest BCUT2D eigenvalue weighted by molar-refractivity contribution is -0.129. The number of hydroxylamine groups is 1. The van der Waals surface area contributed by atoms with E-state index in [9.17, 15) is 26.4 Å². The van der Waals surface area contributed by atoms with E-state index in [2.05, 4.69) is 0 Å². The monoisotopic (exact) mass is 472 g/mol. The Bertz CT molecular complexity index is 797. The van der Waals surface area contributed by atoms with Gasteiger partial charge in [0.2, 0.25) is 10.0 Å². The average Bonchev–Trinajstić information content (AvgIpc) is 2.68. The lowest BCUT2D eigenvalue weighted by Gasteiger charge is -2.33. The first-order chi connectivity index (χ1) is 14.1. The molecular formula is C17H23F3N2O6S2. The molecule has 30 heavy (non-hydrogen) atoms. The summed E-state index contributed by atoms with van der Waals surface area (Å²) in [6.07, 6.45) is 0.261. The predicted molar refractivity (Wildman–Crippen MR) is 103 cm³/mol. The van der Waals surface area contributed by atoms with Gasteiger partial charge in [0.05, 0.1) is 0 Å². The fourth-order valence-corrected chi connectivity index (χ4v) is 5.35. The second-order valence-corrected chi connectivity index (χ2v) is 9.78. The van der Waals surface area contributed by atoms with Crippen LogP contribution >= 0.6 is 11.8 Å². The van der Waals surface area contributed by atoms with Crippen molar-refractivity contribution in [2.75, 3.05) is 26.8 Å². The summed E-state index contributed by atoms with van der Waals surface area (Å²) in [6, 6.07) is 5.48. The highest BCUT2D eigenvalue weighted by Crippen LogP contribution is 2.37. The molecular weight excluding hydrogens is 449 g/mol. The van der Waals surface area contributed by atoms with E-state index in [1.807, 2.05) is 0 Å². The van der Waals surface area contributed by atoms with Gasteiger partial charge in [0, 0.05) is 31.7 Å². The molecule has 1 aromatic carbocycles. The van der Waals surface area contributed by atoms with Crippen LogP contribution in [0.15, 0.2) is 29.2 Å². The highest BCUT2D eigenvalue weighted by Gasteiger charge is 2.39. The summed E-state index contributed by atoms with van der Waals surface area (Å²) in [5.74, 6) is -0.636. The molecule has 1 unspecified atom stereocenters. The Morgan fingerprint density at radius 1 is 1.30 bits per heavy atom. The van der Waals surface area contributed by atoms with Crippen molar-refractivity contribution in [2.45, 2.75) is 41.0 Å². The molecule has 0 aromatic heterocycles. The molecule has 2 N–H and O–H groups in total. The minimum atomic E-state index is -4.37. The molecule has 0 saturated carbocycles. The zero-order chi connectivity index (χ0) is 22.4. The Hall–Kier alpha value is -1.54. The van der Waals surface area contributed by atoms with Gasteiger partial charge < -0.3 is 9.47 Å². The zero-order valence-corrected chi connectivity index (χ0v) is 17.7. The second kappa shape index (κ2) is 10.7. The number of carbonyl (C=O) groups excluding carboxylic acids is 1. The van der Waals surface area contributed by atoms with Gasteiger partial charge in [0.25, 0.3) is 5.91 Å². The van der Waals surface area contributed by atoms with Crippen molar-refractivity contribution in [1.29, 1.82) is 0 Å². The molecule has 0 bridgehead atoms. The average molecular weight is 473 g/mol. The summed E-state index contributed by atoms with van der Waals surface area (Å²) >= 11 is -0.217. The number of halogens is 3. The van der Waals surface area contributed by atoms with Crippen molar-refractivity contribution in [1.82, 2.24) is 9.79 Å². The topological polar surface area (TPSA) is 105 Å². The quantitative estimate of drug-likeness (QED) is 0.323. The number of alkyl halides is 3. The van der Waals surface area contributed by atoms with Gasteiger partial charge in [0.15, 0.2) is 5.25 Å². The first-order valence-corrected chi connectivity index (χ1v) is 11.3. The lowest BCUT2D eigenvalue weighted by Crippen LogP contribution is -2.50. The molecule has 0 radical (unpaired) electrons. The fourth-order valence-electron chi connectivity index (χ4n) is 3.01. The Kier molecular flexibility index (Phi) is 8.79. The summed E-state index contributed by atoms with van der Waals surface area (Å²) in [4.78, 5) is 11.8. The number of nitrogens with zero attached hydrogens (tertiary/aromatic N) is 1. The number of thioether (sulfide) groups is 1. The Labute approximate surface area is 176 Å². The number of hydrogen-bond donors (Lipinski definition) is 2. The number of ether oxygens (including phenoxy) is 2. The zero-order valence-electron chi connectivity index (χ0n) is 16.1. The summed E-state index contributed by atoms with van der Waals surface area (Å²) in [5, 5.41) is 7.37. The summed E-state index contributed by atoms with van der Waals surface area (Å²) < 4.78 is 74.4. The number of methoxy groups -OCH3 is 1. The van der Waals surface area contributed by atoms with Gasteiger partial charge in [-0.05, 0) is 55.3 Å². The van der Waals surface area contributed by atoms with Crippen molar-refractivity contribution in [3.63, 3.8) is 0 Å². The molecule has 0 spiro atoms. The van der Waals surface area contributed by atoms with Gasteiger partial charge in [-0.2, -0.15) is 13.2 Å². The fraction of sp³-hybridized carbons (Fsp3) is 0.588. The van der Waals surface area contributed by atoms with Gasteiger partial charge in [-0.1, -0.05) is 0 Å². The van der Waals surface area contributed by atoms with E-state index >= 15 is 0 Å². The maximum atomic E-state index is 12.8. The minimum absolute atomic E-state index is 0.0273. The van der Waals surface area contributed by atoms with Crippen molar-refractivity contribution in [2.24, 2.45) is 0 Å². The van der Waals surface area contributed by atoms with Crippen molar-refractivity contribution in [3.8, 4) is 5.75 Å². The standard InChI is InChI=1S/C17H23F3N2O6S2/c1-27-11-8-15(16(23)21-24)30(25,26)22-9-6-13(7-10-22)28-12-2-4-14(5-3-12)29-17(18,19)20/h2-5,13,15,24H,6-11H2,1H3,(H,21,23). The SMILES string of the molecule is COCCC(C(=O)NO)S(=O)(=O)N1CCC(Oc2ccc(SC(F)(F)F)cc2)CC1. The van der Waals surface area contributed by atoms with E-state index in [1.54, 1.807) is 0 Å².